The van der Waals surface area contributed by atoms with E-state index in [1.54, 1.807) is 21.6 Å². The Bertz CT molecular complexity index is 167. The second-order valence-corrected chi connectivity index (χ2v) is 4.18. The Morgan fingerprint density at radius 2 is 2.50 bits per heavy atom. The van der Waals surface area contributed by atoms with Gasteiger partial charge in [0.2, 0.25) is 0 Å². The summed E-state index contributed by atoms with van der Waals surface area (Å²) >= 11 is 0. The molecule has 0 saturated heterocycles. The first-order chi connectivity index (χ1) is 4.84. The number of hydrogen-bond donors (Lipinski definition) is 1. The molecule has 4 heteroatoms. The Balaban J connectivity index is 2.52. The minimum absolute atomic E-state index is 0.597. The van der Waals surface area contributed by atoms with E-state index in [0.29, 0.717) is 6.54 Å². The van der Waals surface area contributed by atoms with E-state index in [1.165, 1.54) is 5.06 Å². The molecule has 0 spiro atoms. The first kappa shape index (κ1) is 8.04. The lowest BCUT2D eigenvalue weighted by atomic mass is 10.4. The summed E-state index contributed by atoms with van der Waals surface area (Å²) in [4.78, 5) is 0. The highest BCUT2D eigenvalue weighted by Gasteiger charge is 2.06. The lowest BCUT2D eigenvalue weighted by molar-refractivity contribution is -0.0348. The van der Waals surface area contributed by atoms with Crippen LogP contribution in [0.5, 0.6) is 0 Å². The molecule has 1 rings (SSSR count). The summed E-state index contributed by atoms with van der Waals surface area (Å²) in [5.41, 5.74) is 0. The van der Waals surface area contributed by atoms with Crippen molar-refractivity contribution in [2.45, 2.75) is 0 Å². The second kappa shape index (κ2) is 3.95. The molecule has 1 aliphatic rings. The van der Waals surface area contributed by atoms with Gasteiger partial charge < -0.3 is 0 Å². The molecule has 0 unspecified atom stereocenters. The Hall–Kier alpha value is -0.0600. The van der Waals surface area contributed by atoms with Gasteiger partial charge in [0.05, 0.1) is 6.54 Å². The summed E-state index contributed by atoms with van der Waals surface area (Å²) in [6.07, 6.45) is 7.73. The van der Waals surface area contributed by atoms with Gasteiger partial charge in [-0.05, 0) is 23.1 Å². The van der Waals surface area contributed by atoms with E-state index in [0.717, 1.165) is 5.03 Å². The summed E-state index contributed by atoms with van der Waals surface area (Å²) in [5.74, 6) is 0. The lowest BCUT2D eigenvalue weighted by Crippen LogP contribution is -2.17. The molecule has 2 nitrogen and oxygen atoms in total. The number of allylic oxidation sites excluding steroid dienone is 2. The van der Waals surface area contributed by atoms with Crippen LogP contribution in [-0.2, 0) is 0 Å². The minimum atomic E-state index is 0.597. The maximum atomic E-state index is 9.18. The van der Waals surface area contributed by atoms with Crippen molar-refractivity contribution >= 4 is 21.6 Å². The van der Waals surface area contributed by atoms with Crippen molar-refractivity contribution in [2.75, 3.05) is 12.8 Å². The third kappa shape index (κ3) is 1.97. The summed E-state index contributed by atoms with van der Waals surface area (Å²) < 4.78 is 0. The molecule has 0 aromatic heterocycles. The standard InChI is InChI=1S/C6H9NOS2/c1-9-10-6-4-2-3-5-7(6)8/h2-4,8H,5H2,1H3. The zero-order valence-corrected chi connectivity index (χ0v) is 7.28. The van der Waals surface area contributed by atoms with Crippen LogP contribution in [-0.4, -0.2) is 23.1 Å². The number of nitrogens with zero attached hydrogens (tertiary/aromatic N) is 1. The van der Waals surface area contributed by atoms with E-state index in [4.69, 9.17) is 0 Å². The average molecular weight is 175 g/mol. The van der Waals surface area contributed by atoms with Crippen LogP contribution in [0.4, 0.5) is 0 Å². The maximum Gasteiger partial charge on any atom is 0.107 e. The molecular weight excluding hydrogens is 166 g/mol. The number of hydroxylamine groups is 2. The van der Waals surface area contributed by atoms with Crippen molar-refractivity contribution in [1.82, 2.24) is 5.06 Å². The molecule has 0 aromatic rings. The van der Waals surface area contributed by atoms with E-state index in [1.807, 2.05) is 24.5 Å². The molecule has 0 amide bonds. The molecule has 0 aliphatic carbocycles. The highest BCUT2D eigenvalue weighted by molar-refractivity contribution is 8.77. The molecule has 10 heavy (non-hydrogen) atoms. The van der Waals surface area contributed by atoms with Crippen molar-refractivity contribution in [1.29, 1.82) is 0 Å². The zero-order chi connectivity index (χ0) is 7.40. The van der Waals surface area contributed by atoms with E-state index in [2.05, 4.69) is 0 Å². The molecular formula is C6H9NOS2. The van der Waals surface area contributed by atoms with Crippen LogP contribution in [0.2, 0.25) is 0 Å². The summed E-state index contributed by atoms with van der Waals surface area (Å²) in [5, 5.41) is 11.3. The van der Waals surface area contributed by atoms with Gasteiger partial charge in [-0.3, -0.25) is 5.21 Å². The van der Waals surface area contributed by atoms with Gasteiger partial charge in [0.15, 0.2) is 0 Å². The topological polar surface area (TPSA) is 23.5 Å². The zero-order valence-electron chi connectivity index (χ0n) is 5.65. The van der Waals surface area contributed by atoms with Gasteiger partial charge in [-0.15, -0.1) is 0 Å². The fourth-order valence-corrected chi connectivity index (χ4v) is 2.05. The quantitative estimate of drug-likeness (QED) is 0.649. The Morgan fingerprint density at radius 1 is 1.70 bits per heavy atom. The molecule has 0 atom stereocenters. The third-order valence-electron chi connectivity index (χ3n) is 1.08. The van der Waals surface area contributed by atoms with Crippen molar-refractivity contribution in [3.63, 3.8) is 0 Å². The maximum absolute atomic E-state index is 9.18. The molecule has 1 heterocycles. The first-order valence-corrected chi connectivity index (χ1v) is 5.44. The van der Waals surface area contributed by atoms with Crippen LogP contribution in [0.25, 0.3) is 0 Å². The van der Waals surface area contributed by atoms with Crippen molar-refractivity contribution in [2.24, 2.45) is 0 Å². The molecule has 1 aliphatic heterocycles. The normalized spacial score (nSPS) is 17.4. The van der Waals surface area contributed by atoms with Crippen LogP contribution in [0.15, 0.2) is 23.3 Å². The van der Waals surface area contributed by atoms with Crippen molar-refractivity contribution < 1.29 is 5.21 Å². The highest BCUT2D eigenvalue weighted by Crippen LogP contribution is 2.30. The van der Waals surface area contributed by atoms with Crippen molar-refractivity contribution in [3.05, 3.63) is 23.3 Å². The Morgan fingerprint density at radius 3 is 3.10 bits per heavy atom. The SMILES string of the molecule is CSSC1=CC=CCN1O. The monoisotopic (exact) mass is 175 g/mol. The molecule has 56 valence electrons. The van der Waals surface area contributed by atoms with Gasteiger partial charge in [0.25, 0.3) is 0 Å². The fourth-order valence-electron chi connectivity index (χ4n) is 0.643. The Labute approximate surface area is 68.3 Å². The van der Waals surface area contributed by atoms with Gasteiger partial charge in [0, 0.05) is 0 Å². The second-order valence-electron chi connectivity index (χ2n) is 1.77. The largest absolute Gasteiger partial charge is 0.288 e. The van der Waals surface area contributed by atoms with Gasteiger partial charge in [0.1, 0.15) is 5.03 Å². The minimum Gasteiger partial charge on any atom is -0.288 e. The van der Waals surface area contributed by atoms with Crippen LogP contribution in [0.3, 0.4) is 0 Å². The molecule has 0 radical (unpaired) electrons. The molecule has 0 saturated carbocycles. The highest BCUT2D eigenvalue weighted by atomic mass is 33.1. The molecule has 0 bridgehead atoms. The smallest absolute Gasteiger partial charge is 0.107 e. The number of hydrogen-bond acceptors (Lipinski definition) is 4. The van der Waals surface area contributed by atoms with Crippen molar-refractivity contribution in [3.8, 4) is 0 Å². The van der Waals surface area contributed by atoms with Crippen LogP contribution >= 0.6 is 21.6 Å². The number of rotatable bonds is 2. The predicted octanol–water partition coefficient (Wildman–Crippen LogP) is 2.10. The Kier molecular flexibility index (Phi) is 3.18. The van der Waals surface area contributed by atoms with E-state index < -0.39 is 0 Å². The van der Waals surface area contributed by atoms with Gasteiger partial charge in [-0.1, -0.05) is 22.9 Å². The van der Waals surface area contributed by atoms with Crippen LogP contribution in [0.1, 0.15) is 0 Å². The molecule has 0 fully saturated rings. The molecule has 0 aromatic carbocycles. The summed E-state index contributed by atoms with van der Waals surface area (Å²) in [7, 11) is 3.19. The first-order valence-electron chi connectivity index (χ1n) is 2.88. The average Bonchev–Trinajstić information content (AvgIpc) is 1.94. The van der Waals surface area contributed by atoms with E-state index >= 15 is 0 Å². The van der Waals surface area contributed by atoms with Gasteiger partial charge in [-0.25, -0.2) is 5.06 Å². The summed E-state index contributed by atoms with van der Waals surface area (Å²) in [6.45, 7) is 0.597. The van der Waals surface area contributed by atoms with Gasteiger partial charge in [-0.2, -0.15) is 0 Å². The predicted molar refractivity (Wildman–Crippen MR) is 46.8 cm³/mol. The lowest BCUT2D eigenvalue weighted by Gasteiger charge is -2.18. The van der Waals surface area contributed by atoms with Gasteiger partial charge >= 0.3 is 0 Å². The van der Waals surface area contributed by atoms with E-state index in [9.17, 15) is 5.21 Å². The molecule has 1 N–H and O–H groups in total. The van der Waals surface area contributed by atoms with E-state index in [-0.39, 0.29) is 0 Å². The summed E-state index contributed by atoms with van der Waals surface area (Å²) in [6, 6.07) is 0. The fraction of sp³-hybridized carbons (Fsp3) is 0.333. The third-order valence-corrected chi connectivity index (χ3v) is 2.77. The van der Waals surface area contributed by atoms with Crippen LogP contribution < -0.4 is 0 Å². The van der Waals surface area contributed by atoms with Crippen LogP contribution in [0, 0.1) is 0 Å².